The summed E-state index contributed by atoms with van der Waals surface area (Å²) in [6.07, 6.45) is 1.96. The van der Waals surface area contributed by atoms with Crippen LogP contribution in [0.2, 0.25) is 0 Å². The Bertz CT molecular complexity index is 556. The second-order valence-corrected chi connectivity index (χ2v) is 5.04. The summed E-state index contributed by atoms with van der Waals surface area (Å²) < 4.78 is 10.4. The molecule has 2 N–H and O–H groups in total. The van der Waals surface area contributed by atoms with Crippen LogP contribution in [-0.2, 0) is 9.59 Å². The summed E-state index contributed by atoms with van der Waals surface area (Å²) in [5.41, 5.74) is 0.593. The number of hydrogen-bond donors (Lipinski definition) is 2. The van der Waals surface area contributed by atoms with Gasteiger partial charge in [-0.05, 0) is 25.0 Å². The summed E-state index contributed by atoms with van der Waals surface area (Å²) in [6, 6.07) is 5.13. The van der Waals surface area contributed by atoms with Crippen molar-refractivity contribution in [2.75, 3.05) is 12.1 Å². The van der Waals surface area contributed by atoms with Crippen molar-refractivity contribution in [2.45, 2.75) is 19.3 Å². The number of carbonyl (C=O) groups excluding carboxylic acids is 1. The Morgan fingerprint density at radius 1 is 1.15 bits per heavy atom. The van der Waals surface area contributed by atoms with Crippen LogP contribution in [0.25, 0.3) is 0 Å². The van der Waals surface area contributed by atoms with Crippen LogP contribution in [0.4, 0.5) is 5.69 Å². The minimum Gasteiger partial charge on any atom is -0.481 e. The van der Waals surface area contributed by atoms with Crippen LogP contribution in [0, 0.1) is 11.8 Å². The maximum atomic E-state index is 12.2. The first-order valence-corrected chi connectivity index (χ1v) is 6.58. The Morgan fingerprint density at radius 3 is 2.70 bits per heavy atom. The Labute approximate surface area is 115 Å². The number of hydrogen-bond acceptors (Lipinski definition) is 4. The quantitative estimate of drug-likeness (QED) is 0.880. The molecule has 1 heterocycles. The molecule has 1 amide bonds. The highest BCUT2D eigenvalue weighted by atomic mass is 16.7. The predicted octanol–water partition coefficient (Wildman–Crippen LogP) is 1.85. The maximum absolute atomic E-state index is 12.2. The first-order valence-electron chi connectivity index (χ1n) is 6.58. The smallest absolute Gasteiger partial charge is 0.307 e. The van der Waals surface area contributed by atoms with Gasteiger partial charge in [-0.15, -0.1) is 0 Å². The molecule has 0 aromatic heterocycles. The molecule has 1 aromatic carbocycles. The number of carboxylic acids is 1. The molecule has 1 saturated carbocycles. The van der Waals surface area contributed by atoms with Gasteiger partial charge in [0.15, 0.2) is 11.5 Å². The molecule has 0 unspecified atom stereocenters. The first kappa shape index (κ1) is 12.8. The largest absolute Gasteiger partial charge is 0.481 e. The van der Waals surface area contributed by atoms with Crippen LogP contribution in [0.1, 0.15) is 19.3 Å². The van der Waals surface area contributed by atoms with E-state index in [4.69, 9.17) is 14.6 Å². The minimum atomic E-state index is -0.895. The van der Waals surface area contributed by atoms with E-state index in [0.29, 0.717) is 30.0 Å². The van der Waals surface area contributed by atoms with Gasteiger partial charge in [0.05, 0.1) is 11.8 Å². The van der Waals surface area contributed by atoms with E-state index in [9.17, 15) is 9.59 Å². The third kappa shape index (κ3) is 2.29. The molecular formula is C14H15NO5. The Hall–Kier alpha value is -2.24. The van der Waals surface area contributed by atoms with Crippen molar-refractivity contribution in [1.29, 1.82) is 0 Å². The van der Waals surface area contributed by atoms with E-state index in [1.807, 2.05) is 0 Å². The molecule has 1 fully saturated rings. The summed E-state index contributed by atoms with van der Waals surface area (Å²) >= 11 is 0. The number of aliphatic carboxylic acids is 1. The van der Waals surface area contributed by atoms with Gasteiger partial charge in [-0.1, -0.05) is 6.42 Å². The molecule has 106 valence electrons. The zero-order valence-corrected chi connectivity index (χ0v) is 10.8. The Kier molecular flexibility index (Phi) is 3.22. The van der Waals surface area contributed by atoms with Crippen LogP contribution in [0.5, 0.6) is 11.5 Å². The van der Waals surface area contributed by atoms with Crippen molar-refractivity contribution in [1.82, 2.24) is 0 Å². The van der Waals surface area contributed by atoms with Gasteiger partial charge >= 0.3 is 5.97 Å². The molecule has 1 aliphatic heterocycles. The lowest BCUT2D eigenvalue weighted by Gasteiger charge is -2.15. The monoisotopic (exact) mass is 277 g/mol. The summed E-state index contributed by atoms with van der Waals surface area (Å²) in [5.74, 6) is -0.944. The lowest BCUT2D eigenvalue weighted by Crippen LogP contribution is -2.29. The van der Waals surface area contributed by atoms with Crippen LogP contribution in [0.15, 0.2) is 18.2 Å². The highest BCUT2D eigenvalue weighted by Crippen LogP contribution is 2.36. The molecule has 0 saturated heterocycles. The fourth-order valence-corrected chi connectivity index (χ4v) is 2.78. The van der Waals surface area contributed by atoms with Crippen LogP contribution in [-0.4, -0.2) is 23.8 Å². The van der Waals surface area contributed by atoms with Gasteiger partial charge in [0, 0.05) is 11.8 Å². The highest BCUT2D eigenvalue weighted by molar-refractivity contribution is 5.95. The molecule has 6 heteroatoms. The van der Waals surface area contributed by atoms with Gasteiger partial charge < -0.3 is 19.9 Å². The number of rotatable bonds is 3. The average molecular weight is 277 g/mol. The predicted molar refractivity (Wildman–Crippen MR) is 69.7 cm³/mol. The van der Waals surface area contributed by atoms with Gasteiger partial charge in [0.2, 0.25) is 12.7 Å². The third-order valence-corrected chi connectivity index (χ3v) is 3.81. The Morgan fingerprint density at radius 2 is 1.90 bits per heavy atom. The molecule has 2 atom stereocenters. The van der Waals surface area contributed by atoms with E-state index in [1.54, 1.807) is 18.2 Å². The molecule has 20 heavy (non-hydrogen) atoms. The summed E-state index contributed by atoms with van der Waals surface area (Å²) in [7, 11) is 0. The zero-order valence-electron chi connectivity index (χ0n) is 10.8. The van der Waals surface area contributed by atoms with E-state index >= 15 is 0 Å². The van der Waals surface area contributed by atoms with E-state index in [2.05, 4.69) is 5.32 Å². The fourth-order valence-electron chi connectivity index (χ4n) is 2.78. The number of fused-ring (bicyclic) bond motifs is 1. The molecule has 6 nitrogen and oxygen atoms in total. The third-order valence-electron chi connectivity index (χ3n) is 3.81. The topological polar surface area (TPSA) is 84.9 Å². The van der Waals surface area contributed by atoms with Gasteiger partial charge in [-0.3, -0.25) is 9.59 Å². The van der Waals surface area contributed by atoms with Gasteiger partial charge in [-0.25, -0.2) is 0 Å². The number of ether oxygens (including phenoxy) is 2. The van der Waals surface area contributed by atoms with Crippen LogP contribution >= 0.6 is 0 Å². The summed E-state index contributed by atoms with van der Waals surface area (Å²) in [4.78, 5) is 23.3. The molecule has 0 spiro atoms. The molecule has 1 aromatic rings. The average Bonchev–Trinajstić information content (AvgIpc) is 3.06. The SMILES string of the molecule is O=C(O)[C@H]1CCC[C@H]1C(=O)Nc1ccc2c(c1)OCO2. The fraction of sp³-hybridized carbons (Fsp3) is 0.429. The van der Waals surface area contributed by atoms with Crippen molar-refractivity contribution in [3.8, 4) is 11.5 Å². The van der Waals surface area contributed by atoms with E-state index in [0.717, 1.165) is 6.42 Å². The highest BCUT2D eigenvalue weighted by Gasteiger charge is 2.37. The number of anilines is 1. The molecule has 3 rings (SSSR count). The number of carbonyl (C=O) groups is 2. The number of amides is 1. The first-order chi connectivity index (χ1) is 9.65. The number of carboxylic acid groups (broad SMARTS) is 1. The minimum absolute atomic E-state index is 0.177. The van der Waals surface area contributed by atoms with Gasteiger partial charge in [-0.2, -0.15) is 0 Å². The van der Waals surface area contributed by atoms with Crippen LogP contribution in [0.3, 0.4) is 0 Å². The molecule has 0 radical (unpaired) electrons. The van der Waals surface area contributed by atoms with E-state index in [1.165, 1.54) is 0 Å². The Balaban J connectivity index is 1.71. The van der Waals surface area contributed by atoms with Crippen molar-refractivity contribution in [2.24, 2.45) is 11.8 Å². The lowest BCUT2D eigenvalue weighted by molar-refractivity contribution is -0.145. The number of benzene rings is 1. The van der Waals surface area contributed by atoms with E-state index < -0.39 is 17.8 Å². The van der Waals surface area contributed by atoms with E-state index in [-0.39, 0.29) is 12.7 Å². The second kappa shape index (κ2) is 5.03. The molecule has 0 bridgehead atoms. The summed E-state index contributed by atoms with van der Waals surface area (Å²) in [6.45, 7) is 0.177. The van der Waals surface area contributed by atoms with Crippen molar-refractivity contribution in [3.63, 3.8) is 0 Å². The molecule has 1 aliphatic carbocycles. The summed E-state index contributed by atoms with van der Waals surface area (Å²) in [5, 5.41) is 11.9. The second-order valence-electron chi connectivity index (χ2n) is 5.04. The molecule has 2 aliphatic rings. The lowest BCUT2D eigenvalue weighted by atomic mass is 9.95. The number of nitrogens with one attached hydrogen (secondary N) is 1. The maximum Gasteiger partial charge on any atom is 0.307 e. The van der Waals surface area contributed by atoms with Gasteiger partial charge in [0.25, 0.3) is 0 Å². The van der Waals surface area contributed by atoms with Crippen molar-refractivity contribution in [3.05, 3.63) is 18.2 Å². The van der Waals surface area contributed by atoms with Gasteiger partial charge in [0.1, 0.15) is 0 Å². The van der Waals surface area contributed by atoms with Crippen molar-refractivity contribution >= 4 is 17.6 Å². The standard InChI is InChI=1S/C14H15NO5/c16-13(9-2-1-3-10(9)14(17)18)15-8-4-5-11-12(6-8)20-7-19-11/h4-6,9-10H,1-3,7H2,(H,15,16)(H,17,18)/t9-,10+/m1/s1. The zero-order chi connectivity index (χ0) is 14.1. The van der Waals surface area contributed by atoms with Crippen molar-refractivity contribution < 1.29 is 24.2 Å². The van der Waals surface area contributed by atoms with Crippen LogP contribution < -0.4 is 14.8 Å². The molecular weight excluding hydrogens is 262 g/mol. The normalized spacial score (nSPS) is 23.6.